The van der Waals surface area contributed by atoms with Crippen molar-refractivity contribution >= 4 is 21.6 Å². The molecule has 1 aromatic carbocycles. The summed E-state index contributed by atoms with van der Waals surface area (Å²) in [5.74, 6) is -0.599. The van der Waals surface area contributed by atoms with E-state index >= 15 is 0 Å². The molecule has 0 spiro atoms. The lowest BCUT2D eigenvalue weighted by molar-refractivity contribution is 0.440. The third kappa shape index (κ3) is 2.97. The van der Waals surface area contributed by atoms with Crippen molar-refractivity contribution in [3.63, 3.8) is 0 Å². The van der Waals surface area contributed by atoms with E-state index in [-0.39, 0.29) is 10.8 Å². The number of hydrogen-bond acceptors (Lipinski definition) is 2. The Kier molecular flexibility index (Phi) is 4.91. The molecule has 3 nitrogen and oxygen atoms in total. The van der Waals surface area contributed by atoms with E-state index in [9.17, 15) is 12.8 Å². The third-order valence-corrected chi connectivity index (χ3v) is 4.87. The first kappa shape index (κ1) is 14.4. The lowest BCUT2D eigenvalue weighted by Gasteiger charge is -2.18. The van der Waals surface area contributed by atoms with Crippen LogP contribution < -0.4 is 0 Å². The van der Waals surface area contributed by atoms with Crippen molar-refractivity contribution in [1.29, 1.82) is 0 Å². The van der Waals surface area contributed by atoms with Crippen molar-refractivity contribution in [2.45, 2.75) is 24.6 Å². The van der Waals surface area contributed by atoms with Gasteiger partial charge in [0.15, 0.2) is 0 Å². The predicted molar refractivity (Wildman–Crippen MR) is 66.1 cm³/mol. The second kappa shape index (κ2) is 5.80. The number of benzene rings is 1. The minimum absolute atomic E-state index is 0.155. The third-order valence-electron chi connectivity index (χ3n) is 2.47. The lowest BCUT2D eigenvalue weighted by Crippen LogP contribution is -2.31. The summed E-state index contributed by atoms with van der Waals surface area (Å²) in [4.78, 5) is -0.296. The van der Waals surface area contributed by atoms with Crippen LogP contribution in [-0.2, 0) is 15.9 Å². The first-order chi connectivity index (χ1) is 7.97. The van der Waals surface area contributed by atoms with Crippen LogP contribution in [0.4, 0.5) is 4.39 Å². The van der Waals surface area contributed by atoms with Gasteiger partial charge in [0.25, 0.3) is 0 Å². The van der Waals surface area contributed by atoms with Crippen molar-refractivity contribution in [2.75, 3.05) is 13.1 Å². The molecule has 0 amide bonds. The molecule has 0 saturated heterocycles. The topological polar surface area (TPSA) is 37.4 Å². The van der Waals surface area contributed by atoms with Crippen LogP contribution in [0, 0.1) is 5.82 Å². The molecular weight excluding hydrogens is 265 g/mol. The normalized spacial score (nSPS) is 12.1. The molecule has 0 aliphatic rings. The highest BCUT2D eigenvalue weighted by Crippen LogP contribution is 2.20. The maximum absolute atomic E-state index is 13.7. The minimum atomic E-state index is -3.74. The van der Waals surface area contributed by atoms with Gasteiger partial charge >= 0.3 is 0 Å². The molecule has 0 aromatic heterocycles. The fraction of sp³-hybridized carbons (Fsp3) is 0.455. The van der Waals surface area contributed by atoms with Gasteiger partial charge in [-0.15, -0.1) is 11.6 Å². The van der Waals surface area contributed by atoms with Crippen LogP contribution in [0.15, 0.2) is 23.1 Å². The minimum Gasteiger partial charge on any atom is -0.207 e. The van der Waals surface area contributed by atoms with Gasteiger partial charge in [-0.25, -0.2) is 12.8 Å². The number of nitrogens with zero attached hydrogens (tertiary/aromatic N) is 1. The molecule has 17 heavy (non-hydrogen) atoms. The quantitative estimate of drug-likeness (QED) is 0.777. The number of alkyl halides is 1. The van der Waals surface area contributed by atoms with E-state index in [1.807, 2.05) is 0 Å². The molecular formula is C11H15ClFNO2S. The summed E-state index contributed by atoms with van der Waals surface area (Å²) >= 11 is 5.56. The van der Waals surface area contributed by atoms with Gasteiger partial charge in [0.05, 0.1) is 0 Å². The number of hydrogen-bond donors (Lipinski definition) is 0. The number of sulfonamides is 1. The molecule has 6 heteroatoms. The van der Waals surface area contributed by atoms with Gasteiger partial charge in [0.1, 0.15) is 10.7 Å². The molecule has 96 valence electrons. The second-order valence-electron chi connectivity index (χ2n) is 3.49. The average Bonchev–Trinajstić information content (AvgIpc) is 2.29. The second-order valence-corrected chi connectivity index (χ2v) is 5.66. The summed E-state index contributed by atoms with van der Waals surface area (Å²) in [5.41, 5.74) is 0.558. The van der Waals surface area contributed by atoms with E-state index in [0.29, 0.717) is 18.7 Å². The maximum Gasteiger partial charge on any atom is 0.245 e. The largest absolute Gasteiger partial charge is 0.245 e. The van der Waals surface area contributed by atoms with Crippen molar-refractivity contribution in [1.82, 2.24) is 4.31 Å². The van der Waals surface area contributed by atoms with Gasteiger partial charge in [-0.3, -0.25) is 0 Å². The Morgan fingerprint density at radius 1 is 1.29 bits per heavy atom. The Hall–Kier alpha value is -0.650. The Balaban J connectivity index is 3.24. The van der Waals surface area contributed by atoms with Crippen LogP contribution in [0.25, 0.3) is 0 Å². The smallest absolute Gasteiger partial charge is 0.207 e. The predicted octanol–water partition coefficient (Wildman–Crippen LogP) is 2.60. The van der Waals surface area contributed by atoms with Crippen LogP contribution in [0.1, 0.15) is 19.4 Å². The first-order valence-corrected chi connectivity index (χ1v) is 7.29. The average molecular weight is 280 g/mol. The van der Waals surface area contributed by atoms with E-state index in [1.165, 1.54) is 16.4 Å². The Bertz CT molecular complexity index is 486. The zero-order valence-corrected chi connectivity index (χ0v) is 11.4. The Morgan fingerprint density at radius 3 is 2.29 bits per heavy atom. The van der Waals surface area contributed by atoms with Gasteiger partial charge in [-0.05, 0) is 17.7 Å². The summed E-state index contributed by atoms with van der Waals surface area (Å²) in [7, 11) is -3.74. The SMILES string of the molecule is CCN(CC)S(=O)(=O)c1ccc(CCl)cc1F. The van der Waals surface area contributed by atoms with Crippen molar-refractivity contribution in [2.24, 2.45) is 0 Å². The molecule has 0 atom stereocenters. The molecule has 0 saturated carbocycles. The molecule has 0 unspecified atom stereocenters. The highest BCUT2D eigenvalue weighted by molar-refractivity contribution is 7.89. The fourth-order valence-corrected chi connectivity index (χ4v) is 3.21. The van der Waals surface area contributed by atoms with Crippen LogP contribution >= 0.6 is 11.6 Å². The summed E-state index contributed by atoms with van der Waals surface area (Å²) in [6.45, 7) is 4.06. The van der Waals surface area contributed by atoms with Crippen molar-refractivity contribution in [3.8, 4) is 0 Å². The molecule has 0 radical (unpaired) electrons. The van der Waals surface area contributed by atoms with E-state index in [4.69, 9.17) is 11.6 Å². The summed E-state index contributed by atoms with van der Waals surface area (Å²) in [6, 6.07) is 3.94. The zero-order chi connectivity index (χ0) is 13.1. The van der Waals surface area contributed by atoms with E-state index in [0.717, 1.165) is 6.07 Å². The van der Waals surface area contributed by atoms with Crippen LogP contribution in [0.3, 0.4) is 0 Å². The van der Waals surface area contributed by atoms with Crippen molar-refractivity contribution in [3.05, 3.63) is 29.6 Å². The molecule has 0 heterocycles. The van der Waals surface area contributed by atoms with Gasteiger partial charge in [0, 0.05) is 19.0 Å². The van der Waals surface area contributed by atoms with Gasteiger partial charge in [0.2, 0.25) is 10.0 Å². The molecule has 1 aromatic rings. The first-order valence-electron chi connectivity index (χ1n) is 5.31. The summed E-state index contributed by atoms with van der Waals surface area (Å²) in [6.07, 6.45) is 0. The van der Waals surface area contributed by atoms with Gasteiger partial charge < -0.3 is 0 Å². The van der Waals surface area contributed by atoms with E-state index in [2.05, 4.69) is 0 Å². The number of rotatable bonds is 5. The highest BCUT2D eigenvalue weighted by Gasteiger charge is 2.24. The number of halogens is 2. The summed E-state index contributed by atoms with van der Waals surface area (Å²) in [5, 5.41) is 0. The molecule has 1 rings (SSSR count). The standard InChI is InChI=1S/C11H15ClFNO2S/c1-3-14(4-2)17(15,16)11-6-5-9(8-12)7-10(11)13/h5-7H,3-4,8H2,1-2H3. The van der Waals surface area contributed by atoms with E-state index in [1.54, 1.807) is 13.8 Å². The lowest BCUT2D eigenvalue weighted by atomic mass is 10.2. The van der Waals surface area contributed by atoms with Gasteiger partial charge in [-0.1, -0.05) is 19.9 Å². The fourth-order valence-electron chi connectivity index (χ4n) is 1.54. The van der Waals surface area contributed by atoms with E-state index < -0.39 is 15.8 Å². The molecule has 0 fully saturated rings. The molecule has 0 aliphatic carbocycles. The van der Waals surface area contributed by atoms with Crippen LogP contribution in [-0.4, -0.2) is 25.8 Å². The maximum atomic E-state index is 13.7. The summed E-state index contributed by atoms with van der Waals surface area (Å²) < 4.78 is 39.1. The van der Waals surface area contributed by atoms with Crippen LogP contribution in [0.5, 0.6) is 0 Å². The van der Waals surface area contributed by atoms with Crippen LogP contribution in [0.2, 0.25) is 0 Å². The highest BCUT2D eigenvalue weighted by atomic mass is 35.5. The molecule has 0 N–H and O–H groups in total. The zero-order valence-electron chi connectivity index (χ0n) is 9.78. The van der Waals surface area contributed by atoms with Gasteiger partial charge in [-0.2, -0.15) is 4.31 Å². The Morgan fingerprint density at radius 2 is 1.88 bits per heavy atom. The molecule has 0 aliphatic heterocycles. The van der Waals surface area contributed by atoms with Crippen molar-refractivity contribution < 1.29 is 12.8 Å². The Labute approximate surface area is 106 Å². The molecule has 0 bridgehead atoms. The monoisotopic (exact) mass is 279 g/mol.